The first-order chi connectivity index (χ1) is 13.8. The van der Waals surface area contributed by atoms with Crippen molar-refractivity contribution in [2.24, 2.45) is 0 Å². The lowest BCUT2D eigenvalue weighted by Gasteiger charge is -2.04. The van der Waals surface area contributed by atoms with Gasteiger partial charge < -0.3 is 0 Å². The average molecular weight is 465 g/mol. The van der Waals surface area contributed by atoms with Gasteiger partial charge in [-0.05, 0) is 43.3 Å². The lowest BCUT2D eigenvalue weighted by molar-refractivity contribution is 0.103. The Balaban J connectivity index is 1.54. The second-order valence-corrected chi connectivity index (χ2v) is 10.1. The fraction of sp³-hybridized carbons (Fsp3) is 0.0556. The second kappa shape index (κ2) is 7.71. The Bertz CT molecular complexity index is 1280. The highest BCUT2D eigenvalue weighted by atomic mass is 35.5. The first-order valence-electron chi connectivity index (χ1n) is 8.24. The summed E-state index contributed by atoms with van der Waals surface area (Å²) in [6.07, 6.45) is 0. The van der Waals surface area contributed by atoms with E-state index in [-0.39, 0.29) is 10.0 Å². The maximum absolute atomic E-state index is 12.6. The molecule has 4 rings (SSSR count). The van der Waals surface area contributed by atoms with Crippen molar-refractivity contribution in [2.45, 2.75) is 11.8 Å². The molecule has 29 heavy (non-hydrogen) atoms. The number of thiazole rings is 2. The zero-order valence-electron chi connectivity index (χ0n) is 14.8. The number of hydrogen-bond donors (Lipinski definition) is 2. The molecule has 0 saturated heterocycles. The molecule has 2 aromatic carbocycles. The number of sulfonamides is 1. The van der Waals surface area contributed by atoms with E-state index < -0.39 is 15.9 Å². The molecule has 148 valence electrons. The number of carbonyl (C=O) groups excluding carboxylic acids is 1. The molecule has 0 aliphatic carbocycles. The van der Waals surface area contributed by atoms with Crippen LogP contribution in [0.3, 0.4) is 0 Å². The molecule has 2 N–H and O–H groups in total. The van der Waals surface area contributed by atoms with Crippen LogP contribution in [0.15, 0.2) is 53.4 Å². The van der Waals surface area contributed by atoms with Crippen molar-refractivity contribution in [3.63, 3.8) is 0 Å². The van der Waals surface area contributed by atoms with Crippen LogP contribution >= 0.6 is 34.3 Å². The van der Waals surface area contributed by atoms with E-state index >= 15 is 0 Å². The van der Waals surface area contributed by atoms with Gasteiger partial charge in [0.05, 0.1) is 20.8 Å². The van der Waals surface area contributed by atoms with E-state index in [2.05, 4.69) is 20.0 Å². The van der Waals surface area contributed by atoms with Gasteiger partial charge in [0.2, 0.25) is 0 Å². The summed E-state index contributed by atoms with van der Waals surface area (Å²) in [4.78, 5) is 21.5. The molecule has 0 radical (unpaired) electrons. The van der Waals surface area contributed by atoms with Crippen LogP contribution in [0.25, 0.3) is 10.2 Å². The van der Waals surface area contributed by atoms with Gasteiger partial charge in [0.1, 0.15) is 4.88 Å². The summed E-state index contributed by atoms with van der Waals surface area (Å²) in [5.41, 5.74) is 1.22. The third-order valence-corrected chi connectivity index (χ3v) is 7.62. The maximum Gasteiger partial charge on any atom is 0.269 e. The number of nitrogens with zero attached hydrogens (tertiary/aromatic N) is 2. The highest BCUT2D eigenvalue weighted by Crippen LogP contribution is 2.29. The van der Waals surface area contributed by atoms with Gasteiger partial charge in [-0.15, -0.1) is 0 Å². The Morgan fingerprint density at radius 3 is 2.45 bits per heavy atom. The van der Waals surface area contributed by atoms with E-state index in [1.165, 1.54) is 35.6 Å². The van der Waals surface area contributed by atoms with E-state index in [9.17, 15) is 13.2 Å². The number of fused-ring (bicyclic) bond motifs is 1. The van der Waals surface area contributed by atoms with Gasteiger partial charge in [-0.2, -0.15) is 0 Å². The number of aryl methyl sites for hydroxylation is 1. The number of aromatic nitrogens is 2. The minimum Gasteiger partial charge on any atom is -0.297 e. The molecule has 0 aliphatic rings. The number of amides is 1. The Labute approximate surface area is 179 Å². The molecule has 4 aromatic rings. The third-order valence-electron chi connectivity index (χ3n) is 3.86. The molecule has 1 amide bonds. The molecule has 0 unspecified atom stereocenters. The average Bonchev–Trinajstić information content (AvgIpc) is 3.24. The summed E-state index contributed by atoms with van der Waals surface area (Å²) in [5, 5.41) is 3.75. The molecule has 2 heterocycles. The number of anilines is 2. The lowest BCUT2D eigenvalue weighted by Crippen LogP contribution is -2.12. The molecule has 11 heteroatoms. The number of hydrogen-bond acceptors (Lipinski definition) is 7. The normalized spacial score (nSPS) is 11.5. The van der Waals surface area contributed by atoms with Crippen LogP contribution in [0.5, 0.6) is 0 Å². The SMILES string of the molecule is Cc1nc(NS(=O)(=O)c2ccc(Cl)cc2)sc1C(=O)Nc1nc2ccccc2s1. The van der Waals surface area contributed by atoms with Gasteiger partial charge in [0, 0.05) is 5.02 Å². The maximum atomic E-state index is 12.6. The van der Waals surface area contributed by atoms with E-state index in [4.69, 9.17) is 11.6 Å². The van der Waals surface area contributed by atoms with E-state index in [1.807, 2.05) is 24.3 Å². The molecule has 0 saturated carbocycles. The van der Waals surface area contributed by atoms with Gasteiger partial charge in [0.25, 0.3) is 15.9 Å². The van der Waals surface area contributed by atoms with Crippen LogP contribution in [0.1, 0.15) is 15.4 Å². The predicted molar refractivity (Wildman–Crippen MR) is 117 cm³/mol. The van der Waals surface area contributed by atoms with Crippen molar-refractivity contribution >= 4 is 70.7 Å². The van der Waals surface area contributed by atoms with Crippen LogP contribution in [-0.4, -0.2) is 24.3 Å². The highest BCUT2D eigenvalue weighted by molar-refractivity contribution is 7.93. The minimum absolute atomic E-state index is 0.0511. The van der Waals surface area contributed by atoms with Gasteiger partial charge in [0.15, 0.2) is 10.3 Å². The van der Waals surface area contributed by atoms with E-state index in [0.717, 1.165) is 21.6 Å². The highest BCUT2D eigenvalue weighted by Gasteiger charge is 2.21. The molecule has 0 atom stereocenters. The Kier molecular flexibility index (Phi) is 5.26. The number of benzene rings is 2. The molecular weight excluding hydrogens is 452 g/mol. The van der Waals surface area contributed by atoms with Crippen LogP contribution < -0.4 is 10.0 Å². The zero-order chi connectivity index (χ0) is 20.6. The number of para-hydroxylation sites is 1. The van der Waals surface area contributed by atoms with Crippen LogP contribution in [0.2, 0.25) is 5.02 Å². The van der Waals surface area contributed by atoms with Crippen LogP contribution in [-0.2, 0) is 10.0 Å². The van der Waals surface area contributed by atoms with Crippen LogP contribution in [0, 0.1) is 6.92 Å². The number of halogens is 1. The number of carbonyl (C=O) groups is 1. The van der Waals surface area contributed by atoms with Crippen LogP contribution in [0.4, 0.5) is 10.3 Å². The molecule has 0 fully saturated rings. The lowest BCUT2D eigenvalue weighted by atomic mass is 10.3. The number of nitrogens with one attached hydrogen (secondary N) is 2. The summed E-state index contributed by atoms with van der Waals surface area (Å²) in [5.74, 6) is -0.393. The largest absolute Gasteiger partial charge is 0.297 e. The predicted octanol–water partition coefficient (Wildman–Crippen LogP) is 4.77. The second-order valence-electron chi connectivity index (χ2n) is 5.93. The first kappa shape index (κ1) is 19.8. The molecule has 0 spiro atoms. The molecule has 0 bridgehead atoms. The summed E-state index contributed by atoms with van der Waals surface area (Å²) >= 11 is 8.12. The van der Waals surface area contributed by atoms with Gasteiger partial charge in [-0.3, -0.25) is 14.8 Å². The van der Waals surface area contributed by atoms with Crippen molar-refractivity contribution in [2.75, 3.05) is 10.0 Å². The monoisotopic (exact) mass is 464 g/mol. The summed E-state index contributed by atoms with van der Waals surface area (Å²) in [6, 6.07) is 13.3. The molecule has 7 nitrogen and oxygen atoms in total. The fourth-order valence-electron chi connectivity index (χ4n) is 2.52. The molecule has 2 aromatic heterocycles. The van der Waals surface area contributed by atoms with Crippen molar-refractivity contribution in [1.82, 2.24) is 9.97 Å². The summed E-state index contributed by atoms with van der Waals surface area (Å²) in [7, 11) is -3.84. The molecular formula is C18H13ClN4O3S3. The van der Waals surface area contributed by atoms with Crippen molar-refractivity contribution < 1.29 is 13.2 Å². The van der Waals surface area contributed by atoms with Crippen molar-refractivity contribution in [3.05, 3.63) is 64.1 Å². The quantitative estimate of drug-likeness (QED) is 0.443. The zero-order valence-corrected chi connectivity index (χ0v) is 18.0. The van der Waals surface area contributed by atoms with E-state index in [0.29, 0.717) is 20.7 Å². The Morgan fingerprint density at radius 2 is 1.72 bits per heavy atom. The minimum atomic E-state index is -3.84. The fourth-order valence-corrected chi connectivity index (χ4v) is 5.60. The van der Waals surface area contributed by atoms with Gasteiger partial charge >= 0.3 is 0 Å². The summed E-state index contributed by atoms with van der Waals surface area (Å²) in [6.45, 7) is 1.64. The smallest absolute Gasteiger partial charge is 0.269 e. The first-order valence-corrected chi connectivity index (χ1v) is 11.7. The van der Waals surface area contributed by atoms with Crippen molar-refractivity contribution in [3.8, 4) is 0 Å². The van der Waals surface area contributed by atoms with Gasteiger partial charge in [-0.1, -0.05) is 46.4 Å². The standard InChI is InChI=1S/C18H13ClN4O3S3/c1-10-15(16(24)22-17-21-13-4-2-3-5-14(13)27-17)28-18(20-10)23-29(25,26)12-8-6-11(19)7-9-12/h2-9H,1H3,(H,20,23)(H,21,22,24). The Morgan fingerprint density at radius 1 is 1.00 bits per heavy atom. The topological polar surface area (TPSA) is 101 Å². The number of rotatable bonds is 5. The summed E-state index contributed by atoms with van der Waals surface area (Å²) < 4.78 is 28.4. The molecule has 0 aliphatic heterocycles. The van der Waals surface area contributed by atoms with Gasteiger partial charge in [-0.25, -0.2) is 18.4 Å². The third kappa shape index (κ3) is 4.25. The Hall–Kier alpha value is -2.53. The van der Waals surface area contributed by atoms with E-state index in [1.54, 1.807) is 6.92 Å². The van der Waals surface area contributed by atoms with Crippen molar-refractivity contribution in [1.29, 1.82) is 0 Å².